The summed E-state index contributed by atoms with van der Waals surface area (Å²) in [4.78, 5) is 11.8. The highest BCUT2D eigenvalue weighted by atomic mass is 16.1. The summed E-state index contributed by atoms with van der Waals surface area (Å²) in [6.45, 7) is 0. The fourth-order valence-electron chi connectivity index (χ4n) is 2.14. The number of amides is 1. The van der Waals surface area contributed by atoms with Crippen molar-refractivity contribution in [3.63, 3.8) is 0 Å². The predicted octanol–water partition coefficient (Wildman–Crippen LogP) is 0.799. The van der Waals surface area contributed by atoms with E-state index in [1.165, 1.54) is 19.0 Å². The van der Waals surface area contributed by atoms with Crippen LogP contribution in [0.1, 0.15) is 42.5 Å². The summed E-state index contributed by atoms with van der Waals surface area (Å²) in [5.74, 6) is -0.0869. The Bertz CT molecular complexity index is 336. The van der Waals surface area contributed by atoms with Gasteiger partial charge in [-0.15, -0.1) is 0 Å². The number of hydrogen-bond donors (Lipinski definition) is 3. The lowest BCUT2D eigenvalue weighted by Crippen LogP contribution is -2.46. The Balaban J connectivity index is 1.95. The lowest BCUT2D eigenvalue weighted by molar-refractivity contribution is 0.0929. The Morgan fingerprint density at radius 3 is 3.00 bits per heavy atom. The fourth-order valence-corrected chi connectivity index (χ4v) is 2.14. The van der Waals surface area contributed by atoms with E-state index in [0.717, 1.165) is 19.3 Å². The Morgan fingerprint density at radius 1 is 1.44 bits per heavy atom. The highest BCUT2D eigenvalue weighted by molar-refractivity contribution is 5.93. The molecule has 4 N–H and O–H groups in total. The highest BCUT2D eigenvalue weighted by Crippen LogP contribution is 2.17. The number of nitrogens with one attached hydrogen (secondary N) is 2. The van der Waals surface area contributed by atoms with Crippen LogP contribution in [0.2, 0.25) is 0 Å². The Labute approximate surface area is 94.8 Å². The maximum Gasteiger partial charge on any atom is 0.254 e. The van der Waals surface area contributed by atoms with Gasteiger partial charge in [0, 0.05) is 18.3 Å². The van der Waals surface area contributed by atoms with Gasteiger partial charge < -0.3 is 11.1 Å². The van der Waals surface area contributed by atoms with Crippen LogP contribution in [-0.4, -0.2) is 28.2 Å². The molecule has 1 amide bonds. The number of hydrogen-bond acceptors (Lipinski definition) is 3. The second kappa shape index (κ2) is 5.12. The van der Waals surface area contributed by atoms with E-state index in [0.29, 0.717) is 5.56 Å². The van der Waals surface area contributed by atoms with E-state index < -0.39 is 0 Å². The van der Waals surface area contributed by atoms with E-state index in [1.54, 1.807) is 6.20 Å². The molecule has 1 aromatic rings. The van der Waals surface area contributed by atoms with Crippen molar-refractivity contribution in [2.75, 3.05) is 0 Å². The van der Waals surface area contributed by atoms with Crippen molar-refractivity contribution in [1.82, 2.24) is 15.5 Å². The molecule has 1 aromatic heterocycles. The topological polar surface area (TPSA) is 83.8 Å². The first-order valence-corrected chi connectivity index (χ1v) is 5.82. The molecule has 1 saturated carbocycles. The smallest absolute Gasteiger partial charge is 0.254 e. The van der Waals surface area contributed by atoms with Gasteiger partial charge in [0.25, 0.3) is 5.91 Å². The molecule has 2 rings (SSSR count). The SMILES string of the molecule is NC1CCCCCC1NC(=O)c1cn[nH]c1. The van der Waals surface area contributed by atoms with Crippen molar-refractivity contribution in [3.05, 3.63) is 18.0 Å². The van der Waals surface area contributed by atoms with Crippen LogP contribution < -0.4 is 11.1 Å². The number of rotatable bonds is 2. The second-order valence-electron chi connectivity index (χ2n) is 4.37. The standard InChI is InChI=1S/C11H18N4O/c12-9-4-2-1-3-5-10(9)15-11(16)8-6-13-14-7-8/h6-7,9-10H,1-5,12H2,(H,13,14)(H,15,16). The van der Waals surface area contributed by atoms with Gasteiger partial charge in [-0.1, -0.05) is 19.3 Å². The largest absolute Gasteiger partial charge is 0.348 e. The monoisotopic (exact) mass is 222 g/mol. The molecule has 1 aliphatic carbocycles. The molecular weight excluding hydrogens is 204 g/mol. The minimum atomic E-state index is -0.0869. The molecule has 0 saturated heterocycles. The number of carbonyl (C=O) groups is 1. The molecule has 88 valence electrons. The van der Waals surface area contributed by atoms with Crippen LogP contribution in [-0.2, 0) is 0 Å². The van der Waals surface area contributed by atoms with Crippen molar-refractivity contribution in [3.8, 4) is 0 Å². The van der Waals surface area contributed by atoms with Gasteiger partial charge in [-0.25, -0.2) is 0 Å². The number of H-pyrrole nitrogens is 1. The molecule has 5 nitrogen and oxygen atoms in total. The molecular formula is C11H18N4O. The number of carbonyl (C=O) groups excluding carboxylic acids is 1. The zero-order valence-electron chi connectivity index (χ0n) is 9.28. The molecule has 5 heteroatoms. The summed E-state index contributed by atoms with van der Waals surface area (Å²) in [7, 11) is 0. The predicted molar refractivity (Wildman–Crippen MR) is 60.9 cm³/mol. The minimum absolute atomic E-state index is 0.0818. The molecule has 2 atom stereocenters. The van der Waals surface area contributed by atoms with Crippen LogP contribution >= 0.6 is 0 Å². The summed E-state index contributed by atoms with van der Waals surface area (Å²) in [5.41, 5.74) is 6.61. The number of nitrogens with two attached hydrogens (primary N) is 1. The molecule has 2 unspecified atom stereocenters. The van der Waals surface area contributed by atoms with Gasteiger partial charge in [-0.2, -0.15) is 5.10 Å². The Morgan fingerprint density at radius 2 is 2.25 bits per heavy atom. The summed E-state index contributed by atoms with van der Waals surface area (Å²) in [6.07, 6.45) is 8.62. The molecule has 1 heterocycles. The summed E-state index contributed by atoms with van der Waals surface area (Å²) in [5, 5.41) is 9.37. The van der Waals surface area contributed by atoms with Crippen LogP contribution in [0.15, 0.2) is 12.4 Å². The zero-order valence-corrected chi connectivity index (χ0v) is 9.28. The molecule has 0 radical (unpaired) electrons. The lowest BCUT2D eigenvalue weighted by Gasteiger charge is -2.22. The third-order valence-corrected chi connectivity index (χ3v) is 3.15. The van der Waals surface area contributed by atoms with Gasteiger partial charge >= 0.3 is 0 Å². The van der Waals surface area contributed by atoms with Crippen LogP contribution in [0, 0.1) is 0 Å². The first-order valence-electron chi connectivity index (χ1n) is 5.82. The average Bonchev–Trinajstić information content (AvgIpc) is 2.73. The third-order valence-electron chi connectivity index (χ3n) is 3.15. The zero-order chi connectivity index (χ0) is 11.4. The normalized spacial score (nSPS) is 26.1. The highest BCUT2D eigenvalue weighted by Gasteiger charge is 2.22. The number of aromatic nitrogens is 2. The first kappa shape index (κ1) is 11.1. The van der Waals surface area contributed by atoms with E-state index in [1.807, 2.05) is 0 Å². The lowest BCUT2D eigenvalue weighted by atomic mass is 10.0. The van der Waals surface area contributed by atoms with E-state index in [-0.39, 0.29) is 18.0 Å². The van der Waals surface area contributed by atoms with Crippen molar-refractivity contribution < 1.29 is 4.79 Å². The van der Waals surface area contributed by atoms with E-state index in [4.69, 9.17) is 5.73 Å². The maximum atomic E-state index is 11.8. The molecule has 1 fully saturated rings. The Hall–Kier alpha value is -1.36. The van der Waals surface area contributed by atoms with E-state index in [2.05, 4.69) is 15.5 Å². The molecule has 0 bridgehead atoms. The van der Waals surface area contributed by atoms with Crippen molar-refractivity contribution in [2.45, 2.75) is 44.2 Å². The van der Waals surface area contributed by atoms with Gasteiger partial charge in [-0.05, 0) is 12.8 Å². The summed E-state index contributed by atoms with van der Waals surface area (Å²) >= 11 is 0. The second-order valence-corrected chi connectivity index (χ2v) is 4.37. The molecule has 0 aliphatic heterocycles. The van der Waals surface area contributed by atoms with Crippen molar-refractivity contribution >= 4 is 5.91 Å². The number of nitrogens with zero attached hydrogens (tertiary/aromatic N) is 1. The quantitative estimate of drug-likeness (QED) is 0.647. The van der Waals surface area contributed by atoms with Gasteiger partial charge in [-0.3, -0.25) is 9.89 Å². The van der Waals surface area contributed by atoms with Crippen LogP contribution in [0.4, 0.5) is 0 Å². The fraction of sp³-hybridized carbons (Fsp3) is 0.636. The van der Waals surface area contributed by atoms with Crippen molar-refractivity contribution in [1.29, 1.82) is 0 Å². The van der Waals surface area contributed by atoms with Gasteiger partial charge in [0.05, 0.1) is 11.8 Å². The van der Waals surface area contributed by atoms with Gasteiger partial charge in [0.15, 0.2) is 0 Å². The Kier molecular flexibility index (Phi) is 3.56. The van der Waals surface area contributed by atoms with Crippen LogP contribution in [0.25, 0.3) is 0 Å². The maximum absolute atomic E-state index is 11.8. The molecule has 0 spiro atoms. The van der Waals surface area contributed by atoms with E-state index >= 15 is 0 Å². The average molecular weight is 222 g/mol. The van der Waals surface area contributed by atoms with Crippen LogP contribution in [0.5, 0.6) is 0 Å². The van der Waals surface area contributed by atoms with Gasteiger partial charge in [0.1, 0.15) is 0 Å². The molecule has 16 heavy (non-hydrogen) atoms. The van der Waals surface area contributed by atoms with Gasteiger partial charge in [0.2, 0.25) is 0 Å². The summed E-state index contributed by atoms with van der Waals surface area (Å²) < 4.78 is 0. The van der Waals surface area contributed by atoms with Crippen molar-refractivity contribution in [2.24, 2.45) is 5.73 Å². The molecule has 1 aliphatic rings. The number of aromatic amines is 1. The van der Waals surface area contributed by atoms with E-state index in [9.17, 15) is 4.79 Å². The van der Waals surface area contributed by atoms with Crippen LogP contribution in [0.3, 0.4) is 0 Å². The first-order chi connectivity index (χ1) is 7.77. The summed E-state index contributed by atoms with van der Waals surface area (Å²) in [6, 6.07) is 0.184. The third kappa shape index (κ3) is 2.61. The minimum Gasteiger partial charge on any atom is -0.348 e. The molecule has 0 aromatic carbocycles.